The van der Waals surface area contributed by atoms with E-state index in [0.29, 0.717) is 11.7 Å². The van der Waals surface area contributed by atoms with Gasteiger partial charge in [0.1, 0.15) is 17.2 Å². The van der Waals surface area contributed by atoms with E-state index < -0.39 is 0 Å². The summed E-state index contributed by atoms with van der Waals surface area (Å²) in [5, 5.41) is 3.57. The summed E-state index contributed by atoms with van der Waals surface area (Å²) in [4.78, 5) is 25.8. The Morgan fingerprint density at radius 2 is 2.00 bits per heavy atom. The summed E-state index contributed by atoms with van der Waals surface area (Å²) in [5.41, 5.74) is 2.46. The maximum Gasteiger partial charge on any atom is 0.272 e. The van der Waals surface area contributed by atoms with Gasteiger partial charge in [-0.05, 0) is 43.5 Å². The monoisotopic (exact) mass is 378 g/mol. The van der Waals surface area contributed by atoms with Crippen LogP contribution in [0.15, 0.2) is 48.9 Å². The van der Waals surface area contributed by atoms with E-state index in [2.05, 4.69) is 21.4 Å². The average molecular weight is 378 g/mol. The number of hydrogen-bond donors (Lipinski definition) is 1. The first-order valence-corrected chi connectivity index (χ1v) is 9.73. The van der Waals surface area contributed by atoms with Gasteiger partial charge in [-0.15, -0.1) is 0 Å². The SMILES string of the molecule is CN(C)c1ccc(NC2CCCN(C(=O)c3cnc4ccccn34)CC2)cn1. The Balaban J connectivity index is 1.40. The van der Waals surface area contributed by atoms with Crippen LogP contribution in [0.4, 0.5) is 11.5 Å². The van der Waals surface area contributed by atoms with Crippen LogP contribution in [0.5, 0.6) is 0 Å². The number of nitrogens with zero attached hydrogens (tertiary/aromatic N) is 5. The molecule has 28 heavy (non-hydrogen) atoms. The standard InChI is InChI=1S/C21H26N6O/c1-25(2)19-9-8-17(14-22-19)24-16-6-5-11-26(13-10-16)21(28)18-15-23-20-7-3-4-12-27(18)20/h3-4,7-9,12,14-16,24H,5-6,10-11,13H2,1-2H3. The van der Waals surface area contributed by atoms with Crippen molar-refractivity contribution in [3.63, 3.8) is 0 Å². The van der Waals surface area contributed by atoms with E-state index >= 15 is 0 Å². The summed E-state index contributed by atoms with van der Waals surface area (Å²) in [5.74, 6) is 0.993. The first-order chi connectivity index (χ1) is 13.6. The molecule has 0 saturated carbocycles. The molecule has 3 aromatic rings. The van der Waals surface area contributed by atoms with Crippen LogP contribution in [-0.4, -0.2) is 58.4 Å². The van der Waals surface area contributed by atoms with Crippen molar-refractivity contribution >= 4 is 23.1 Å². The number of carbonyl (C=O) groups excluding carboxylic acids is 1. The van der Waals surface area contributed by atoms with Gasteiger partial charge in [-0.2, -0.15) is 0 Å². The highest BCUT2D eigenvalue weighted by Crippen LogP contribution is 2.19. The quantitative estimate of drug-likeness (QED) is 0.756. The third-order valence-corrected chi connectivity index (χ3v) is 5.23. The number of pyridine rings is 2. The Bertz CT molecular complexity index is 949. The summed E-state index contributed by atoms with van der Waals surface area (Å²) in [6.07, 6.45) is 8.37. The molecule has 1 aliphatic heterocycles. The number of anilines is 2. The van der Waals surface area contributed by atoms with Crippen molar-refractivity contribution in [1.29, 1.82) is 0 Å². The lowest BCUT2D eigenvalue weighted by molar-refractivity contribution is 0.0754. The highest BCUT2D eigenvalue weighted by atomic mass is 16.2. The van der Waals surface area contributed by atoms with Gasteiger partial charge in [0.2, 0.25) is 0 Å². The second kappa shape index (κ2) is 7.88. The third-order valence-electron chi connectivity index (χ3n) is 5.23. The fourth-order valence-electron chi connectivity index (χ4n) is 3.67. The number of rotatable bonds is 4. The molecule has 3 aromatic heterocycles. The number of nitrogens with one attached hydrogen (secondary N) is 1. The normalized spacial score (nSPS) is 17.4. The molecule has 1 N–H and O–H groups in total. The van der Waals surface area contributed by atoms with E-state index in [1.54, 1.807) is 6.20 Å². The van der Waals surface area contributed by atoms with E-state index in [9.17, 15) is 4.79 Å². The molecule has 0 radical (unpaired) electrons. The molecule has 1 amide bonds. The molecule has 1 atom stereocenters. The van der Waals surface area contributed by atoms with E-state index in [1.165, 1.54) is 0 Å². The van der Waals surface area contributed by atoms with Crippen molar-refractivity contribution in [2.24, 2.45) is 0 Å². The molecule has 7 heteroatoms. The lowest BCUT2D eigenvalue weighted by Gasteiger charge is -2.21. The van der Waals surface area contributed by atoms with Gasteiger partial charge in [0.05, 0.1) is 18.1 Å². The van der Waals surface area contributed by atoms with Gasteiger partial charge in [-0.3, -0.25) is 9.20 Å². The molecular weight excluding hydrogens is 352 g/mol. The number of hydrogen-bond acceptors (Lipinski definition) is 5. The van der Waals surface area contributed by atoms with Crippen molar-refractivity contribution in [1.82, 2.24) is 19.3 Å². The van der Waals surface area contributed by atoms with Crippen LogP contribution in [0.3, 0.4) is 0 Å². The van der Waals surface area contributed by atoms with Crippen LogP contribution < -0.4 is 10.2 Å². The van der Waals surface area contributed by atoms with Crippen molar-refractivity contribution < 1.29 is 4.79 Å². The Labute approximate surface area is 165 Å². The van der Waals surface area contributed by atoms with Gasteiger partial charge in [0, 0.05) is 39.4 Å². The van der Waals surface area contributed by atoms with Crippen LogP contribution in [0.2, 0.25) is 0 Å². The Morgan fingerprint density at radius 1 is 1.11 bits per heavy atom. The number of amides is 1. The molecule has 0 aliphatic carbocycles. The molecule has 1 unspecified atom stereocenters. The zero-order valence-corrected chi connectivity index (χ0v) is 16.4. The zero-order valence-electron chi connectivity index (χ0n) is 16.4. The van der Waals surface area contributed by atoms with Crippen molar-refractivity contribution in [2.45, 2.75) is 25.3 Å². The van der Waals surface area contributed by atoms with Gasteiger partial charge >= 0.3 is 0 Å². The third kappa shape index (κ3) is 3.78. The highest BCUT2D eigenvalue weighted by molar-refractivity contribution is 5.93. The Hall–Kier alpha value is -3.09. The summed E-state index contributed by atoms with van der Waals surface area (Å²) in [7, 11) is 3.96. The largest absolute Gasteiger partial charge is 0.381 e. The maximum atomic E-state index is 13.0. The minimum Gasteiger partial charge on any atom is -0.381 e. The molecule has 0 bridgehead atoms. The maximum absolute atomic E-state index is 13.0. The summed E-state index contributed by atoms with van der Waals surface area (Å²) in [6, 6.07) is 10.2. The van der Waals surface area contributed by atoms with Gasteiger partial charge in [0.25, 0.3) is 5.91 Å². The first-order valence-electron chi connectivity index (χ1n) is 9.73. The van der Waals surface area contributed by atoms with E-state index in [4.69, 9.17) is 0 Å². The summed E-state index contributed by atoms with van der Waals surface area (Å²) >= 11 is 0. The molecular formula is C21H26N6O. The number of fused-ring (bicyclic) bond motifs is 1. The van der Waals surface area contributed by atoms with Crippen molar-refractivity contribution in [3.8, 4) is 0 Å². The van der Waals surface area contributed by atoms with E-state index in [-0.39, 0.29) is 5.91 Å². The molecule has 146 valence electrons. The van der Waals surface area contributed by atoms with E-state index in [1.807, 2.05) is 65.0 Å². The second-order valence-electron chi connectivity index (χ2n) is 7.44. The molecule has 0 aromatic carbocycles. The highest BCUT2D eigenvalue weighted by Gasteiger charge is 2.23. The van der Waals surface area contributed by atoms with Gasteiger partial charge < -0.3 is 15.1 Å². The predicted octanol–water partition coefficient (Wildman–Crippen LogP) is 2.90. The molecule has 1 fully saturated rings. The molecule has 4 rings (SSSR count). The fraction of sp³-hybridized carbons (Fsp3) is 0.381. The van der Waals surface area contributed by atoms with Crippen LogP contribution in [-0.2, 0) is 0 Å². The van der Waals surface area contributed by atoms with Crippen LogP contribution in [0.25, 0.3) is 5.65 Å². The molecule has 7 nitrogen and oxygen atoms in total. The fourth-order valence-corrected chi connectivity index (χ4v) is 3.67. The summed E-state index contributed by atoms with van der Waals surface area (Å²) in [6.45, 7) is 1.51. The zero-order chi connectivity index (χ0) is 19.5. The molecule has 0 spiro atoms. The first kappa shape index (κ1) is 18.3. The number of imidazole rings is 1. The van der Waals surface area contributed by atoms with Crippen molar-refractivity contribution in [2.75, 3.05) is 37.4 Å². The number of likely N-dealkylation sites (tertiary alicyclic amines) is 1. The van der Waals surface area contributed by atoms with Gasteiger partial charge in [-0.25, -0.2) is 9.97 Å². The van der Waals surface area contributed by atoms with Crippen LogP contribution >= 0.6 is 0 Å². The smallest absolute Gasteiger partial charge is 0.272 e. The Morgan fingerprint density at radius 3 is 2.79 bits per heavy atom. The Kier molecular flexibility index (Phi) is 5.14. The van der Waals surface area contributed by atoms with E-state index in [0.717, 1.165) is 49.5 Å². The lowest BCUT2D eigenvalue weighted by atomic mass is 10.1. The molecule has 1 saturated heterocycles. The molecule has 4 heterocycles. The topological polar surface area (TPSA) is 65.8 Å². The van der Waals surface area contributed by atoms with Crippen LogP contribution in [0.1, 0.15) is 29.8 Å². The predicted molar refractivity (Wildman–Crippen MR) is 111 cm³/mol. The number of carbonyl (C=O) groups is 1. The van der Waals surface area contributed by atoms with Crippen LogP contribution in [0, 0.1) is 0 Å². The molecule has 1 aliphatic rings. The van der Waals surface area contributed by atoms with Crippen molar-refractivity contribution in [3.05, 3.63) is 54.6 Å². The minimum atomic E-state index is 0.0522. The second-order valence-corrected chi connectivity index (χ2v) is 7.44. The van der Waals surface area contributed by atoms with Gasteiger partial charge in [-0.1, -0.05) is 6.07 Å². The van der Waals surface area contributed by atoms with Gasteiger partial charge in [0.15, 0.2) is 0 Å². The summed E-state index contributed by atoms with van der Waals surface area (Å²) < 4.78 is 1.86. The lowest BCUT2D eigenvalue weighted by Crippen LogP contribution is -2.33. The average Bonchev–Trinajstić information content (AvgIpc) is 3.00. The minimum absolute atomic E-state index is 0.0522. The number of aromatic nitrogens is 3.